The highest BCUT2D eigenvalue weighted by molar-refractivity contribution is 5.53. The average molecular weight is 299 g/mol. The summed E-state index contributed by atoms with van der Waals surface area (Å²) in [5, 5.41) is 0. The van der Waals surface area contributed by atoms with Crippen molar-refractivity contribution in [1.82, 2.24) is 5.43 Å². The number of hydrazine groups is 1. The predicted molar refractivity (Wildman–Crippen MR) is 71.4 cm³/mol. The van der Waals surface area contributed by atoms with E-state index in [9.17, 15) is 17.6 Å². The predicted octanol–water partition coefficient (Wildman–Crippen LogP) is 2.98. The summed E-state index contributed by atoms with van der Waals surface area (Å²) in [5.74, 6) is 4.89. The normalized spacial score (nSPS) is 13.2. The molecule has 3 nitrogen and oxygen atoms in total. The van der Waals surface area contributed by atoms with Gasteiger partial charge in [0.25, 0.3) is 0 Å². The van der Waals surface area contributed by atoms with Crippen LogP contribution in [-0.2, 0) is 6.18 Å². The van der Waals surface area contributed by atoms with Crippen LogP contribution in [0.25, 0.3) is 0 Å². The van der Waals surface area contributed by atoms with E-state index in [0.29, 0.717) is 5.56 Å². The fourth-order valence-corrected chi connectivity index (χ4v) is 2.05. The van der Waals surface area contributed by atoms with Crippen LogP contribution in [0, 0.1) is 5.82 Å². The molecule has 2 aromatic rings. The Hall–Kier alpha value is -2.12. The van der Waals surface area contributed by atoms with E-state index in [1.807, 2.05) is 0 Å². The highest BCUT2D eigenvalue weighted by atomic mass is 19.4. The van der Waals surface area contributed by atoms with E-state index >= 15 is 0 Å². The number of benzene rings is 2. The van der Waals surface area contributed by atoms with Crippen molar-refractivity contribution in [3.63, 3.8) is 0 Å². The molecule has 0 aliphatic rings. The third-order valence-corrected chi connectivity index (χ3v) is 3.07. The van der Waals surface area contributed by atoms with E-state index in [1.165, 1.54) is 18.2 Å². The Morgan fingerprint density at radius 3 is 2.33 bits per heavy atom. The molecule has 5 N–H and O–H groups in total. The molecule has 2 rings (SSSR count). The van der Waals surface area contributed by atoms with Crippen molar-refractivity contribution in [3.8, 4) is 0 Å². The molecule has 1 atom stereocenters. The molecule has 112 valence electrons. The Balaban J connectivity index is 2.52. The maximum atomic E-state index is 13.3. The molecule has 0 fully saturated rings. The lowest BCUT2D eigenvalue weighted by atomic mass is 9.96. The second kappa shape index (κ2) is 5.71. The molecule has 0 radical (unpaired) electrons. The summed E-state index contributed by atoms with van der Waals surface area (Å²) in [4.78, 5) is 0. The summed E-state index contributed by atoms with van der Waals surface area (Å²) in [6.45, 7) is 0. The molecular weight excluding hydrogens is 286 g/mol. The molecule has 0 aromatic heterocycles. The molecule has 1 unspecified atom stereocenters. The van der Waals surface area contributed by atoms with Crippen molar-refractivity contribution in [3.05, 3.63) is 65.0 Å². The second-order valence-corrected chi connectivity index (χ2v) is 4.50. The summed E-state index contributed by atoms with van der Waals surface area (Å²) in [5.41, 5.74) is 7.90. The van der Waals surface area contributed by atoms with Gasteiger partial charge in [-0.15, -0.1) is 0 Å². The van der Waals surface area contributed by atoms with E-state index in [2.05, 4.69) is 5.43 Å². The molecule has 0 aliphatic heterocycles. The minimum absolute atomic E-state index is 0.134. The first-order chi connectivity index (χ1) is 9.82. The molecule has 0 saturated carbocycles. The van der Waals surface area contributed by atoms with Gasteiger partial charge in [0.2, 0.25) is 0 Å². The van der Waals surface area contributed by atoms with Crippen molar-refractivity contribution in [1.29, 1.82) is 0 Å². The number of nitrogens with one attached hydrogen (secondary N) is 1. The number of anilines is 1. The van der Waals surface area contributed by atoms with Gasteiger partial charge in [-0.25, -0.2) is 9.82 Å². The van der Waals surface area contributed by atoms with Crippen molar-refractivity contribution >= 4 is 5.69 Å². The zero-order chi connectivity index (χ0) is 15.6. The highest BCUT2D eigenvalue weighted by Crippen LogP contribution is 2.34. The van der Waals surface area contributed by atoms with E-state index in [4.69, 9.17) is 11.6 Å². The quantitative estimate of drug-likeness (QED) is 0.353. The second-order valence-electron chi connectivity index (χ2n) is 4.50. The summed E-state index contributed by atoms with van der Waals surface area (Å²) < 4.78 is 51.6. The number of halogens is 4. The fourth-order valence-electron chi connectivity index (χ4n) is 2.05. The largest absolute Gasteiger partial charge is 0.416 e. The van der Waals surface area contributed by atoms with Gasteiger partial charge in [-0.05, 0) is 41.5 Å². The minimum Gasteiger partial charge on any atom is -0.398 e. The maximum absolute atomic E-state index is 13.3. The molecule has 0 aliphatic carbocycles. The van der Waals surface area contributed by atoms with Gasteiger partial charge >= 0.3 is 6.18 Å². The van der Waals surface area contributed by atoms with Crippen LogP contribution in [0.2, 0.25) is 0 Å². The zero-order valence-corrected chi connectivity index (χ0v) is 10.8. The number of alkyl halides is 3. The van der Waals surface area contributed by atoms with E-state index in [0.717, 1.165) is 18.2 Å². The van der Waals surface area contributed by atoms with Crippen LogP contribution >= 0.6 is 0 Å². The zero-order valence-electron chi connectivity index (χ0n) is 10.8. The van der Waals surface area contributed by atoms with Gasteiger partial charge in [-0.3, -0.25) is 5.84 Å². The van der Waals surface area contributed by atoms with Gasteiger partial charge in [0.15, 0.2) is 0 Å². The van der Waals surface area contributed by atoms with Crippen molar-refractivity contribution < 1.29 is 17.6 Å². The first-order valence-corrected chi connectivity index (χ1v) is 6.01. The van der Waals surface area contributed by atoms with E-state index < -0.39 is 23.6 Å². The fraction of sp³-hybridized carbons (Fsp3) is 0.143. The van der Waals surface area contributed by atoms with Crippen molar-refractivity contribution in [2.75, 3.05) is 5.73 Å². The van der Waals surface area contributed by atoms with Gasteiger partial charge in [-0.1, -0.05) is 12.1 Å². The highest BCUT2D eigenvalue weighted by Gasteiger charge is 2.31. The first kappa shape index (κ1) is 15.3. The van der Waals surface area contributed by atoms with Gasteiger partial charge in [0, 0.05) is 5.69 Å². The van der Waals surface area contributed by atoms with Gasteiger partial charge in [0.1, 0.15) is 5.82 Å². The Labute approximate surface area is 118 Å². The summed E-state index contributed by atoms with van der Waals surface area (Å²) >= 11 is 0. The molecule has 2 aromatic carbocycles. The average Bonchev–Trinajstić information content (AvgIpc) is 2.40. The van der Waals surface area contributed by atoms with Gasteiger partial charge < -0.3 is 5.73 Å². The number of rotatable bonds is 3. The molecule has 21 heavy (non-hydrogen) atoms. The third-order valence-electron chi connectivity index (χ3n) is 3.07. The lowest BCUT2D eigenvalue weighted by molar-refractivity contribution is -0.137. The van der Waals surface area contributed by atoms with E-state index in [1.54, 1.807) is 6.07 Å². The lowest BCUT2D eigenvalue weighted by Crippen LogP contribution is -2.29. The standard InChI is InChI=1S/C14H13F4N3/c15-10-3-1-2-8(6-10)13(21-20)11-7-9(14(16,17)18)4-5-12(11)19/h1-7,13,21H,19-20H2. The van der Waals surface area contributed by atoms with Crippen LogP contribution in [0.1, 0.15) is 22.7 Å². The number of hydrogen-bond acceptors (Lipinski definition) is 3. The van der Waals surface area contributed by atoms with Crippen molar-refractivity contribution in [2.24, 2.45) is 5.84 Å². The molecule has 0 bridgehead atoms. The Bertz CT molecular complexity index is 640. The topological polar surface area (TPSA) is 64.1 Å². The maximum Gasteiger partial charge on any atom is 0.416 e. The van der Waals surface area contributed by atoms with Gasteiger partial charge in [-0.2, -0.15) is 13.2 Å². The SMILES string of the molecule is NNC(c1cccc(F)c1)c1cc(C(F)(F)F)ccc1N. The number of hydrogen-bond donors (Lipinski definition) is 3. The van der Waals surface area contributed by atoms with Crippen LogP contribution < -0.4 is 17.0 Å². The van der Waals surface area contributed by atoms with E-state index in [-0.39, 0.29) is 11.3 Å². The molecule has 0 heterocycles. The first-order valence-electron chi connectivity index (χ1n) is 6.01. The number of nitrogens with two attached hydrogens (primary N) is 2. The molecular formula is C14H13F4N3. The molecule has 7 heteroatoms. The Morgan fingerprint density at radius 2 is 1.76 bits per heavy atom. The summed E-state index contributed by atoms with van der Waals surface area (Å²) in [7, 11) is 0. The monoisotopic (exact) mass is 299 g/mol. The lowest BCUT2D eigenvalue weighted by Gasteiger charge is -2.20. The molecule has 0 spiro atoms. The Morgan fingerprint density at radius 1 is 1.05 bits per heavy atom. The molecule has 0 saturated heterocycles. The summed E-state index contributed by atoms with van der Waals surface area (Å²) in [6.07, 6.45) is -4.50. The van der Waals surface area contributed by atoms with Crippen molar-refractivity contribution in [2.45, 2.75) is 12.2 Å². The number of nitrogen functional groups attached to an aromatic ring is 1. The van der Waals surface area contributed by atoms with Crippen LogP contribution in [0.5, 0.6) is 0 Å². The Kier molecular flexibility index (Phi) is 4.15. The molecule has 0 amide bonds. The van der Waals surface area contributed by atoms with Crippen LogP contribution in [0.4, 0.5) is 23.2 Å². The minimum atomic E-state index is -4.50. The van der Waals surface area contributed by atoms with Crippen LogP contribution in [0.3, 0.4) is 0 Å². The summed E-state index contributed by atoms with van der Waals surface area (Å²) in [6, 6.07) is 7.51. The van der Waals surface area contributed by atoms with Crippen LogP contribution in [0.15, 0.2) is 42.5 Å². The smallest absolute Gasteiger partial charge is 0.398 e. The van der Waals surface area contributed by atoms with Gasteiger partial charge in [0.05, 0.1) is 11.6 Å². The van der Waals surface area contributed by atoms with Crippen LogP contribution in [-0.4, -0.2) is 0 Å². The third kappa shape index (κ3) is 3.32.